The van der Waals surface area contributed by atoms with Gasteiger partial charge in [-0.15, -0.1) is 0 Å². The number of hydrogen-bond acceptors (Lipinski definition) is 2. The van der Waals surface area contributed by atoms with Crippen molar-refractivity contribution in [2.45, 2.75) is 38.1 Å². The molecule has 0 radical (unpaired) electrons. The summed E-state index contributed by atoms with van der Waals surface area (Å²) in [5, 5.41) is 11.7. The second-order valence-electron chi connectivity index (χ2n) is 5.19. The predicted octanol–water partition coefficient (Wildman–Crippen LogP) is 2.65. The molecule has 1 aromatic carbocycles. The Morgan fingerprint density at radius 1 is 1.25 bits per heavy atom. The first-order valence-corrected chi connectivity index (χ1v) is 6.84. The molecule has 0 aliphatic heterocycles. The minimum absolute atomic E-state index is 0.0215. The molecule has 0 aromatic heterocycles. The molecule has 1 aliphatic carbocycles. The minimum Gasteiger partial charge on any atom is -0.481 e. The molecule has 0 saturated heterocycles. The molecule has 4 nitrogen and oxygen atoms in total. The number of carbonyl (C=O) groups is 2. The van der Waals surface area contributed by atoms with E-state index in [0.717, 1.165) is 25.7 Å². The zero-order valence-electron chi connectivity index (χ0n) is 11.1. The Kier molecular flexibility index (Phi) is 4.71. The number of carboxylic acids is 1. The third-order valence-corrected chi connectivity index (χ3v) is 3.69. The molecule has 1 unspecified atom stereocenters. The second-order valence-corrected chi connectivity index (χ2v) is 5.19. The maximum Gasteiger partial charge on any atom is 0.305 e. The summed E-state index contributed by atoms with van der Waals surface area (Å²) in [6, 6.07) is 4.95. The van der Waals surface area contributed by atoms with Gasteiger partial charge in [0, 0.05) is 5.92 Å². The van der Waals surface area contributed by atoms with E-state index >= 15 is 0 Å². The molecule has 0 spiro atoms. The minimum atomic E-state index is -0.994. The highest BCUT2D eigenvalue weighted by molar-refractivity contribution is 5.80. The summed E-state index contributed by atoms with van der Waals surface area (Å²) in [7, 11) is 0. The number of benzene rings is 1. The van der Waals surface area contributed by atoms with Gasteiger partial charge >= 0.3 is 5.97 Å². The Morgan fingerprint density at radius 2 is 1.85 bits per heavy atom. The van der Waals surface area contributed by atoms with Crippen LogP contribution < -0.4 is 5.32 Å². The van der Waals surface area contributed by atoms with Crippen molar-refractivity contribution in [2.75, 3.05) is 0 Å². The number of aliphatic carboxylic acids is 1. The normalized spacial score (nSPS) is 16.9. The number of halogens is 1. The van der Waals surface area contributed by atoms with Crippen LogP contribution in [0, 0.1) is 11.7 Å². The van der Waals surface area contributed by atoms with E-state index in [9.17, 15) is 14.0 Å². The second kappa shape index (κ2) is 6.50. The van der Waals surface area contributed by atoms with E-state index in [2.05, 4.69) is 5.32 Å². The Balaban J connectivity index is 2.08. The molecule has 20 heavy (non-hydrogen) atoms. The van der Waals surface area contributed by atoms with Crippen LogP contribution in [0.15, 0.2) is 24.3 Å². The molecule has 0 heterocycles. The molecule has 5 heteroatoms. The fraction of sp³-hybridized carbons (Fsp3) is 0.467. The molecule has 1 aromatic rings. The van der Waals surface area contributed by atoms with Crippen molar-refractivity contribution in [3.8, 4) is 0 Å². The lowest BCUT2D eigenvalue weighted by atomic mass is 10.0. The van der Waals surface area contributed by atoms with E-state index in [-0.39, 0.29) is 24.1 Å². The molecule has 1 fully saturated rings. The van der Waals surface area contributed by atoms with Crippen molar-refractivity contribution in [1.82, 2.24) is 5.32 Å². The Hall–Kier alpha value is -1.91. The Morgan fingerprint density at radius 3 is 2.40 bits per heavy atom. The average molecular weight is 279 g/mol. The lowest BCUT2D eigenvalue weighted by Crippen LogP contribution is -2.34. The zero-order valence-corrected chi connectivity index (χ0v) is 11.1. The van der Waals surface area contributed by atoms with Crippen molar-refractivity contribution in [3.05, 3.63) is 35.6 Å². The third-order valence-electron chi connectivity index (χ3n) is 3.69. The van der Waals surface area contributed by atoms with E-state index in [4.69, 9.17) is 5.11 Å². The quantitative estimate of drug-likeness (QED) is 0.870. The largest absolute Gasteiger partial charge is 0.481 e. The van der Waals surface area contributed by atoms with E-state index in [1.54, 1.807) is 0 Å². The topological polar surface area (TPSA) is 66.4 Å². The average Bonchev–Trinajstić information content (AvgIpc) is 2.92. The van der Waals surface area contributed by atoms with Crippen LogP contribution >= 0.6 is 0 Å². The van der Waals surface area contributed by atoms with Gasteiger partial charge < -0.3 is 10.4 Å². The van der Waals surface area contributed by atoms with Crippen LogP contribution in [-0.4, -0.2) is 17.0 Å². The number of carboxylic acid groups (broad SMARTS) is 1. The van der Waals surface area contributed by atoms with E-state index < -0.39 is 12.0 Å². The van der Waals surface area contributed by atoms with Gasteiger partial charge in [0.05, 0.1) is 12.5 Å². The number of carbonyl (C=O) groups excluding carboxylic acids is 1. The van der Waals surface area contributed by atoms with Gasteiger partial charge in [-0.2, -0.15) is 0 Å². The molecule has 1 saturated carbocycles. The summed E-state index contributed by atoms with van der Waals surface area (Å²) < 4.78 is 12.9. The number of amides is 1. The molecular formula is C15H18FNO3. The molecule has 1 amide bonds. The highest BCUT2D eigenvalue weighted by Gasteiger charge is 2.26. The molecule has 2 rings (SSSR count). The molecule has 2 N–H and O–H groups in total. The van der Waals surface area contributed by atoms with E-state index in [1.165, 1.54) is 24.3 Å². The van der Waals surface area contributed by atoms with Crippen molar-refractivity contribution in [3.63, 3.8) is 0 Å². The van der Waals surface area contributed by atoms with Crippen LogP contribution in [0.1, 0.15) is 43.7 Å². The maximum absolute atomic E-state index is 12.9. The monoisotopic (exact) mass is 279 g/mol. The van der Waals surface area contributed by atoms with Crippen LogP contribution in [0.4, 0.5) is 4.39 Å². The molecule has 108 valence electrons. The lowest BCUT2D eigenvalue weighted by molar-refractivity contribution is -0.137. The molecule has 0 bridgehead atoms. The summed E-state index contributed by atoms with van der Waals surface area (Å²) >= 11 is 0. The predicted molar refractivity (Wildman–Crippen MR) is 71.5 cm³/mol. The summed E-state index contributed by atoms with van der Waals surface area (Å²) in [5.41, 5.74) is 0.611. The highest BCUT2D eigenvalue weighted by Crippen LogP contribution is 2.26. The van der Waals surface area contributed by atoms with Gasteiger partial charge in [0.25, 0.3) is 0 Å². The van der Waals surface area contributed by atoms with Crippen LogP contribution in [0.3, 0.4) is 0 Å². The molecular weight excluding hydrogens is 261 g/mol. The van der Waals surface area contributed by atoms with Gasteiger partial charge in [-0.05, 0) is 30.5 Å². The van der Waals surface area contributed by atoms with Gasteiger partial charge in [0.15, 0.2) is 0 Å². The third kappa shape index (κ3) is 3.79. The summed E-state index contributed by atoms with van der Waals surface area (Å²) in [4.78, 5) is 23.0. The van der Waals surface area contributed by atoms with Gasteiger partial charge in [0.1, 0.15) is 5.82 Å². The number of hydrogen-bond donors (Lipinski definition) is 2. The van der Waals surface area contributed by atoms with Crippen molar-refractivity contribution in [1.29, 1.82) is 0 Å². The lowest BCUT2D eigenvalue weighted by Gasteiger charge is -2.20. The fourth-order valence-electron chi connectivity index (χ4n) is 2.60. The van der Waals surface area contributed by atoms with Gasteiger partial charge in [-0.25, -0.2) is 4.39 Å². The molecule has 1 aliphatic rings. The standard InChI is InChI=1S/C15H18FNO3/c16-12-7-5-10(6-8-12)13(9-14(18)19)17-15(20)11-3-1-2-4-11/h5-8,11,13H,1-4,9H2,(H,17,20)(H,18,19). The highest BCUT2D eigenvalue weighted by atomic mass is 19.1. The van der Waals surface area contributed by atoms with E-state index in [1.807, 2.05) is 0 Å². The maximum atomic E-state index is 12.9. The number of rotatable bonds is 5. The Bertz CT molecular complexity index is 480. The van der Waals surface area contributed by atoms with E-state index in [0.29, 0.717) is 5.56 Å². The first-order valence-electron chi connectivity index (χ1n) is 6.84. The van der Waals surface area contributed by atoms with Crippen LogP contribution in [0.25, 0.3) is 0 Å². The van der Waals surface area contributed by atoms with Crippen molar-refractivity contribution >= 4 is 11.9 Å². The van der Waals surface area contributed by atoms with Crippen LogP contribution in [0.2, 0.25) is 0 Å². The summed E-state index contributed by atoms with van der Waals surface area (Å²) in [5.74, 6) is -1.50. The first kappa shape index (κ1) is 14.5. The first-order chi connectivity index (χ1) is 9.56. The SMILES string of the molecule is O=C(O)CC(NC(=O)C1CCCC1)c1ccc(F)cc1. The Labute approximate surface area is 117 Å². The summed E-state index contributed by atoms with van der Waals surface area (Å²) in [6.45, 7) is 0. The van der Waals surface area contributed by atoms with Crippen LogP contribution in [0.5, 0.6) is 0 Å². The molecule has 1 atom stereocenters. The number of nitrogens with one attached hydrogen (secondary N) is 1. The van der Waals surface area contributed by atoms with Crippen molar-refractivity contribution < 1.29 is 19.1 Å². The van der Waals surface area contributed by atoms with Gasteiger partial charge in [-0.3, -0.25) is 9.59 Å². The smallest absolute Gasteiger partial charge is 0.305 e. The fourth-order valence-corrected chi connectivity index (χ4v) is 2.60. The van der Waals surface area contributed by atoms with Gasteiger partial charge in [0.2, 0.25) is 5.91 Å². The summed E-state index contributed by atoms with van der Waals surface area (Å²) in [6.07, 6.45) is 3.59. The van der Waals surface area contributed by atoms with Crippen LogP contribution in [-0.2, 0) is 9.59 Å². The van der Waals surface area contributed by atoms with Crippen molar-refractivity contribution in [2.24, 2.45) is 5.92 Å². The zero-order chi connectivity index (χ0) is 14.5. The van der Waals surface area contributed by atoms with Gasteiger partial charge in [-0.1, -0.05) is 25.0 Å².